The Kier molecular flexibility index (Phi) is 4.39. The smallest absolute Gasteiger partial charge is 0.257 e. The van der Waals surface area contributed by atoms with Gasteiger partial charge in [-0.15, -0.1) is 11.3 Å². The van der Waals surface area contributed by atoms with Crippen molar-refractivity contribution in [2.45, 2.75) is 18.8 Å². The summed E-state index contributed by atoms with van der Waals surface area (Å²) in [6.45, 7) is 1.34. The van der Waals surface area contributed by atoms with Gasteiger partial charge in [-0.25, -0.2) is 14.4 Å². The molecule has 0 N–H and O–H groups in total. The lowest BCUT2D eigenvalue weighted by Gasteiger charge is -2.31. The number of rotatable bonds is 2. The van der Waals surface area contributed by atoms with Gasteiger partial charge in [0.1, 0.15) is 11.0 Å². The highest BCUT2D eigenvalue weighted by atomic mass is 35.5. The highest BCUT2D eigenvalue weighted by Crippen LogP contribution is 2.31. The molecule has 7 heteroatoms. The van der Waals surface area contributed by atoms with Crippen LogP contribution in [0.25, 0.3) is 10.9 Å². The molecule has 0 bridgehead atoms. The van der Waals surface area contributed by atoms with Crippen LogP contribution in [0.4, 0.5) is 4.39 Å². The van der Waals surface area contributed by atoms with Crippen molar-refractivity contribution in [1.29, 1.82) is 0 Å². The summed E-state index contributed by atoms with van der Waals surface area (Å²) in [5, 5.41) is 3.94. The summed E-state index contributed by atoms with van der Waals surface area (Å²) >= 11 is 7.85. The predicted octanol–water partition coefficient (Wildman–Crippen LogP) is 4.50. The van der Waals surface area contributed by atoms with E-state index in [1.165, 1.54) is 12.1 Å². The molecule has 1 fully saturated rings. The van der Waals surface area contributed by atoms with E-state index in [0.29, 0.717) is 35.5 Å². The quantitative estimate of drug-likeness (QED) is 0.619. The number of carbonyl (C=O) groups excluding carboxylic acids is 1. The summed E-state index contributed by atoms with van der Waals surface area (Å²) in [7, 11) is 0. The van der Waals surface area contributed by atoms with Crippen molar-refractivity contribution in [3.05, 3.63) is 57.4 Å². The van der Waals surface area contributed by atoms with Crippen LogP contribution < -0.4 is 0 Å². The lowest BCUT2D eigenvalue weighted by atomic mass is 9.97. The Morgan fingerprint density at radius 2 is 2.08 bits per heavy atom. The molecule has 0 unspecified atom stereocenters. The Labute approximate surface area is 153 Å². The van der Waals surface area contributed by atoms with Crippen LogP contribution in [0.2, 0.25) is 5.15 Å². The van der Waals surface area contributed by atoms with E-state index in [-0.39, 0.29) is 16.9 Å². The molecule has 1 amide bonds. The first-order chi connectivity index (χ1) is 12.1. The topological polar surface area (TPSA) is 46.1 Å². The van der Waals surface area contributed by atoms with Gasteiger partial charge in [-0.3, -0.25) is 4.79 Å². The average Bonchev–Trinajstić information content (AvgIpc) is 3.15. The van der Waals surface area contributed by atoms with E-state index in [1.54, 1.807) is 23.5 Å². The van der Waals surface area contributed by atoms with Crippen LogP contribution in [-0.2, 0) is 0 Å². The molecule has 3 heterocycles. The van der Waals surface area contributed by atoms with E-state index in [0.717, 1.165) is 17.8 Å². The molecule has 0 saturated carbocycles. The van der Waals surface area contributed by atoms with Gasteiger partial charge in [0.15, 0.2) is 0 Å². The number of nitrogens with zero attached hydrogens (tertiary/aromatic N) is 3. The summed E-state index contributed by atoms with van der Waals surface area (Å²) in [6.07, 6.45) is 3.60. The number of aromatic nitrogens is 2. The van der Waals surface area contributed by atoms with E-state index < -0.39 is 0 Å². The number of benzene rings is 1. The molecule has 0 spiro atoms. The van der Waals surface area contributed by atoms with Crippen molar-refractivity contribution in [3.8, 4) is 0 Å². The number of pyridine rings is 1. The minimum atomic E-state index is -0.376. The molecule has 128 valence electrons. The molecule has 4 nitrogen and oxygen atoms in total. The fourth-order valence-electron chi connectivity index (χ4n) is 3.20. The minimum absolute atomic E-state index is 0.116. The molecule has 1 aliphatic heterocycles. The molecule has 1 aliphatic rings. The fourth-order valence-corrected chi connectivity index (χ4v) is 4.24. The molecular formula is C18H15ClFN3OS. The number of carbonyl (C=O) groups is 1. The van der Waals surface area contributed by atoms with Gasteiger partial charge in [0, 0.05) is 42.0 Å². The van der Waals surface area contributed by atoms with E-state index in [4.69, 9.17) is 11.6 Å². The molecule has 2 aromatic heterocycles. The summed E-state index contributed by atoms with van der Waals surface area (Å²) in [4.78, 5) is 23.2. The maximum absolute atomic E-state index is 13.3. The number of amides is 1. The normalized spacial score (nSPS) is 15.7. The Bertz CT molecular complexity index is 923. The molecule has 0 radical (unpaired) electrons. The Hall–Kier alpha value is -2.05. The molecule has 4 rings (SSSR count). The van der Waals surface area contributed by atoms with Gasteiger partial charge in [-0.05, 0) is 31.0 Å². The first kappa shape index (κ1) is 16.4. The summed E-state index contributed by atoms with van der Waals surface area (Å²) in [5.74, 6) is -0.0852. The van der Waals surface area contributed by atoms with Crippen LogP contribution in [0, 0.1) is 5.82 Å². The van der Waals surface area contributed by atoms with E-state index in [1.807, 2.05) is 16.5 Å². The van der Waals surface area contributed by atoms with Crippen LogP contribution >= 0.6 is 22.9 Å². The zero-order valence-electron chi connectivity index (χ0n) is 13.3. The third-order valence-electron chi connectivity index (χ3n) is 4.55. The van der Waals surface area contributed by atoms with Crippen LogP contribution in [0.5, 0.6) is 0 Å². The highest BCUT2D eigenvalue weighted by Gasteiger charge is 2.27. The maximum atomic E-state index is 13.3. The Morgan fingerprint density at radius 3 is 2.80 bits per heavy atom. The first-order valence-corrected chi connectivity index (χ1v) is 9.32. The average molecular weight is 376 g/mol. The number of fused-ring (bicyclic) bond motifs is 1. The third-order valence-corrected chi connectivity index (χ3v) is 5.77. The molecule has 1 saturated heterocycles. The second-order valence-corrected chi connectivity index (χ2v) is 7.38. The Balaban J connectivity index is 1.54. The lowest BCUT2D eigenvalue weighted by Crippen LogP contribution is -2.38. The van der Waals surface area contributed by atoms with Gasteiger partial charge in [-0.2, -0.15) is 0 Å². The molecule has 3 aromatic rings. The van der Waals surface area contributed by atoms with Gasteiger partial charge >= 0.3 is 0 Å². The predicted molar refractivity (Wildman–Crippen MR) is 96.7 cm³/mol. The van der Waals surface area contributed by atoms with E-state index >= 15 is 0 Å². The Morgan fingerprint density at radius 1 is 1.28 bits per heavy atom. The third kappa shape index (κ3) is 3.24. The van der Waals surface area contributed by atoms with Gasteiger partial charge in [0.25, 0.3) is 5.91 Å². The fraction of sp³-hybridized carbons (Fsp3) is 0.278. The lowest BCUT2D eigenvalue weighted by molar-refractivity contribution is 0.0713. The molecule has 0 aliphatic carbocycles. The molecule has 1 aromatic carbocycles. The first-order valence-electron chi connectivity index (χ1n) is 8.06. The van der Waals surface area contributed by atoms with Gasteiger partial charge in [0.05, 0.1) is 16.1 Å². The van der Waals surface area contributed by atoms with Crippen molar-refractivity contribution < 1.29 is 9.18 Å². The van der Waals surface area contributed by atoms with Gasteiger partial charge in [0.2, 0.25) is 0 Å². The van der Waals surface area contributed by atoms with E-state index in [2.05, 4.69) is 9.97 Å². The van der Waals surface area contributed by atoms with Crippen LogP contribution in [-0.4, -0.2) is 33.9 Å². The van der Waals surface area contributed by atoms with Crippen molar-refractivity contribution in [1.82, 2.24) is 14.9 Å². The monoisotopic (exact) mass is 375 g/mol. The van der Waals surface area contributed by atoms with E-state index in [9.17, 15) is 9.18 Å². The van der Waals surface area contributed by atoms with Crippen molar-refractivity contribution in [2.24, 2.45) is 0 Å². The number of likely N-dealkylation sites (tertiary alicyclic amines) is 1. The zero-order valence-corrected chi connectivity index (χ0v) is 14.9. The number of piperidine rings is 1. The summed E-state index contributed by atoms with van der Waals surface area (Å²) in [6, 6.07) is 5.97. The standard InChI is InChI=1S/C18H15ClFN3OS/c19-16-14(9-12-1-2-13(20)10-15(12)22-16)18(24)23-6-3-11(4-7-23)17-21-5-8-25-17/h1-2,5,8-11H,3-4,6-7H2. The SMILES string of the molecule is O=C(c1cc2ccc(F)cc2nc1Cl)N1CCC(c2nccs2)CC1. The summed E-state index contributed by atoms with van der Waals surface area (Å²) in [5.41, 5.74) is 0.817. The van der Waals surface area contributed by atoms with Gasteiger partial charge in [-0.1, -0.05) is 11.6 Å². The number of hydrogen-bond donors (Lipinski definition) is 0. The van der Waals surface area contributed by atoms with Crippen molar-refractivity contribution in [3.63, 3.8) is 0 Å². The van der Waals surface area contributed by atoms with Crippen molar-refractivity contribution >= 4 is 39.7 Å². The second kappa shape index (κ2) is 6.69. The summed E-state index contributed by atoms with van der Waals surface area (Å²) < 4.78 is 13.3. The van der Waals surface area contributed by atoms with Crippen LogP contribution in [0.1, 0.15) is 34.1 Å². The number of halogens is 2. The van der Waals surface area contributed by atoms with Gasteiger partial charge < -0.3 is 4.90 Å². The second-order valence-electron chi connectivity index (χ2n) is 6.10. The molecule has 0 atom stereocenters. The maximum Gasteiger partial charge on any atom is 0.257 e. The van der Waals surface area contributed by atoms with Crippen molar-refractivity contribution in [2.75, 3.05) is 13.1 Å². The highest BCUT2D eigenvalue weighted by molar-refractivity contribution is 7.09. The molecular weight excluding hydrogens is 361 g/mol. The number of thiazole rings is 1. The largest absolute Gasteiger partial charge is 0.339 e. The zero-order chi connectivity index (χ0) is 17.4. The minimum Gasteiger partial charge on any atom is -0.339 e. The van der Waals surface area contributed by atoms with Crippen LogP contribution in [0.3, 0.4) is 0 Å². The van der Waals surface area contributed by atoms with Crippen LogP contribution in [0.15, 0.2) is 35.8 Å². The number of hydrogen-bond acceptors (Lipinski definition) is 4. The molecule has 25 heavy (non-hydrogen) atoms.